The van der Waals surface area contributed by atoms with Gasteiger partial charge in [-0.05, 0) is 62.7 Å². The minimum absolute atomic E-state index is 0.194. The van der Waals surface area contributed by atoms with Gasteiger partial charge in [0.2, 0.25) is 11.9 Å². The lowest BCUT2D eigenvalue weighted by Gasteiger charge is -2.16. The van der Waals surface area contributed by atoms with Gasteiger partial charge in [0.25, 0.3) is 0 Å². The van der Waals surface area contributed by atoms with Crippen LogP contribution in [0, 0.1) is 13.8 Å². The van der Waals surface area contributed by atoms with Gasteiger partial charge < -0.3 is 15.4 Å². The second-order valence-electron chi connectivity index (χ2n) is 6.86. The number of halogens is 1. The van der Waals surface area contributed by atoms with Gasteiger partial charge in [-0.25, -0.2) is 15.0 Å². The van der Waals surface area contributed by atoms with Crippen LogP contribution >= 0.6 is 23.8 Å². The number of nitrogens with zero attached hydrogens (tertiary/aromatic N) is 3. The number of nitrogens with one attached hydrogen (secondary N) is 3. The first-order valence-corrected chi connectivity index (χ1v) is 10.3. The van der Waals surface area contributed by atoms with Crippen LogP contribution in [0.15, 0.2) is 35.3 Å². The zero-order valence-corrected chi connectivity index (χ0v) is 18.1. The predicted molar refractivity (Wildman–Crippen MR) is 120 cm³/mol. The second kappa shape index (κ2) is 10.5. The minimum Gasteiger partial charge on any atom is -0.376 e. The fourth-order valence-electron chi connectivity index (χ4n) is 2.92. The van der Waals surface area contributed by atoms with Crippen LogP contribution < -0.4 is 16.0 Å². The van der Waals surface area contributed by atoms with E-state index in [1.165, 1.54) is 0 Å². The molecule has 0 spiro atoms. The zero-order valence-electron chi connectivity index (χ0n) is 16.5. The molecule has 0 aliphatic carbocycles. The standard InChI is InChI=1S/C20H25ClN6OS/c1-13-10-14(2)25-19(24-13)26-18(22-11-15-5-7-16(21)8-6-15)27-20(29)23-12-17-4-3-9-28-17/h5-8,10,17H,3-4,9,11-12H2,1-2H3,(H3,22,23,24,25,26,27,29). The molecule has 1 aliphatic rings. The van der Waals surface area contributed by atoms with E-state index in [1.54, 1.807) is 0 Å². The summed E-state index contributed by atoms with van der Waals surface area (Å²) in [6.07, 6.45) is 2.33. The lowest BCUT2D eigenvalue weighted by atomic mass is 10.2. The van der Waals surface area contributed by atoms with E-state index in [0.717, 1.165) is 36.4 Å². The highest BCUT2D eigenvalue weighted by Gasteiger charge is 2.15. The molecule has 1 aromatic carbocycles. The third-order valence-electron chi connectivity index (χ3n) is 4.29. The molecule has 2 aromatic rings. The lowest BCUT2D eigenvalue weighted by molar-refractivity contribution is 0.114. The predicted octanol–water partition coefficient (Wildman–Crippen LogP) is 3.36. The van der Waals surface area contributed by atoms with Crippen LogP contribution in [-0.4, -0.2) is 40.3 Å². The molecule has 1 aromatic heterocycles. The maximum Gasteiger partial charge on any atom is 0.229 e. The number of rotatable bonds is 5. The van der Waals surface area contributed by atoms with Crippen molar-refractivity contribution >= 4 is 40.8 Å². The quantitative estimate of drug-likeness (QED) is 0.379. The molecular weight excluding hydrogens is 408 g/mol. The fourth-order valence-corrected chi connectivity index (χ4v) is 3.23. The summed E-state index contributed by atoms with van der Waals surface area (Å²) in [5.41, 5.74) is 2.77. The third-order valence-corrected chi connectivity index (χ3v) is 4.79. The first-order chi connectivity index (χ1) is 14.0. The Morgan fingerprint density at radius 3 is 2.62 bits per heavy atom. The number of guanidine groups is 1. The van der Waals surface area contributed by atoms with Crippen molar-refractivity contribution in [2.24, 2.45) is 4.99 Å². The number of aromatic nitrogens is 2. The molecule has 1 fully saturated rings. The van der Waals surface area contributed by atoms with Crippen molar-refractivity contribution in [3.8, 4) is 0 Å². The van der Waals surface area contributed by atoms with Crippen LogP contribution in [-0.2, 0) is 11.3 Å². The summed E-state index contributed by atoms with van der Waals surface area (Å²) in [5, 5.41) is 10.6. The van der Waals surface area contributed by atoms with E-state index in [0.29, 0.717) is 35.1 Å². The normalized spacial score (nSPS) is 16.5. The average Bonchev–Trinajstić information content (AvgIpc) is 3.18. The Morgan fingerprint density at radius 1 is 1.24 bits per heavy atom. The van der Waals surface area contributed by atoms with E-state index >= 15 is 0 Å². The number of ether oxygens (including phenoxy) is 1. The SMILES string of the molecule is Cc1cc(C)nc(NC(=NCc2ccc(Cl)cc2)NC(=S)NCC2CCCO2)n1. The summed E-state index contributed by atoms with van der Waals surface area (Å²) in [6.45, 7) is 5.77. The summed E-state index contributed by atoms with van der Waals surface area (Å²) < 4.78 is 5.62. The van der Waals surface area contributed by atoms with Crippen LogP contribution in [0.4, 0.5) is 5.95 Å². The van der Waals surface area contributed by atoms with Crippen LogP contribution in [0.3, 0.4) is 0 Å². The number of benzene rings is 1. The molecule has 1 aliphatic heterocycles. The summed E-state index contributed by atoms with van der Waals surface area (Å²) in [4.78, 5) is 13.4. The molecule has 7 nitrogen and oxygen atoms in total. The Hall–Kier alpha value is -2.29. The van der Waals surface area contributed by atoms with E-state index in [4.69, 9.17) is 28.6 Å². The molecule has 2 heterocycles. The van der Waals surface area contributed by atoms with Gasteiger partial charge >= 0.3 is 0 Å². The van der Waals surface area contributed by atoms with Crippen molar-refractivity contribution in [1.29, 1.82) is 0 Å². The van der Waals surface area contributed by atoms with Crippen molar-refractivity contribution in [3.05, 3.63) is 52.3 Å². The molecule has 1 saturated heterocycles. The third kappa shape index (κ3) is 7.23. The number of anilines is 1. The molecule has 1 unspecified atom stereocenters. The van der Waals surface area contributed by atoms with Crippen LogP contribution in [0.5, 0.6) is 0 Å². The van der Waals surface area contributed by atoms with Crippen molar-refractivity contribution in [2.75, 3.05) is 18.5 Å². The van der Waals surface area contributed by atoms with E-state index in [2.05, 4.69) is 30.9 Å². The van der Waals surface area contributed by atoms with Gasteiger partial charge in [-0.2, -0.15) is 0 Å². The highest BCUT2D eigenvalue weighted by atomic mass is 35.5. The summed E-state index contributed by atoms with van der Waals surface area (Å²) in [5.74, 6) is 0.932. The molecule has 0 bridgehead atoms. The Balaban J connectivity index is 1.67. The van der Waals surface area contributed by atoms with Crippen LogP contribution in [0.25, 0.3) is 0 Å². The van der Waals surface area contributed by atoms with Crippen molar-refractivity contribution < 1.29 is 4.74 Å². The molecule has 0 amide bonds. The highest BCUT2D eigenvalue weighted by Crippen LogP contribution is 2.11. The molecular formula is C20H25ClN6OS. The average molecular weight is 433 g/mol. The summed E-state index contributed by atoms with van der Waals surface area (Å²) in [6, 6.07) is 9.47. The molecule has 0 radical (unpaired) electrons. The first kappa shape index (κ1) is 21.4. The van der Waals surface area contributed by atoms with E-state index in [9.17, 15) is 0 Å². The topological polar surface area (TPSA) is 83.5 Å². The van der Waals surface area contributed by atoms with Gasteiger partial charge in [-0.15, -0.1) is 0 Å². The van der Waals surface area contributed by atoms with Gasteiger partial charge in [0, 0.05) is 29.6 Å². The van der Waals surface area contributed by atoms with Gasteiger partial charge in [0.1, 0.15) is 0 Å². The molecule has 154 valence electrons. The van der Waals surface area contributed by atoms with Crippen LogP contribution in [0.1, 0.15) is 29.8 Å². The Morgan fingerprint density at radius 2 is 1.97 bits per heavy atom. The van der Waals surface area contributed by atoms with Gasteiger partial charge in [-0.1, -0.05) is 23.7 Å². The molecule has 3 rings (SSSR count). The minimum atomic E-state index is 0.194. The number of hydrogen-bond acceptors (Lipinski definition) is 5. The molecule has 1 atom stereocenters. The number of thiocarbonyl (C=S) groups is 1. The molecule has 9 heteroatoms. The second-order valence-corrected chi connectivity index (χ2v) is 7.71. The molecule has 29 heavy (non-hydrogen) atoms. The van der Waals surface area contributed by atoms with Gasteiger partial charge in [0.15, 0.2) is 5.11 Å². The van der Waals surface area contributed by atoms with Gasteiger partial charge in [0.05, 0.1) is 12.6 Å². The van der Waals surface area contributed by atoms with Crippen molar-refractivity contribution in [2.45, 2.75) is 39.3 Å². The number of aliphatic imine (C=N–C) groups is 1. The van der Waals surface area contributed by atoms with E-state index in [1.807, 2.05) is 44.2 Å². The number of aryl methyl sites for hydroxylation is 2. The fraction of sp³-hybridized carbons (Fsp3) is 0.400. The highest BCUT2D eigenvalue weighted by molar-refractivity contribution is 7.80. The first-order valence-electron chi connectivity index (χ1n) is 9.52. The maximum absolute atomic E-state index is 5.96. The zero-order chi connectivity index (χ0) is 20.6. The van der Waals surface area contributed by atoms with E-state index in [-0.39, 0.29) is 6.10 Å². The van der Waals surface area contributed by atoms with E-state index < -0.39 is 0 Å². The summed E-state index contributed by atoms with van der Waals surface area (Å²) in [7, 11) is 0. The Kier molecular flexibility index (Phi) is 7.74. The Bertz CT molecular complexity index is 848. The maximum atomic E-state index is 5.96. The largest absolute Gasteiger partial charge is 0.376 e. The summed E-state index contributed by atoms with van der Waals surface area (Å²) >= 11 is 11.4. The molecule has 0 saturated carbocycles. The van der Waals surface area contributed by atoms with Crippen LogP contribution in [0.2, 0.25) is 5.02 Å². The monoisotopic (exact) mass is 432 g/mol. The van der Waals surface area contributed by atoms with Crippen molar-refractivity contribution in [1.82, 2.24) is 20.6 Å². The lowest BCUT2D eigenvalue weighted by Crippen LogP contribution is -2.45. The number of hydrogen-bond donors (Lipinski definition) is 3. The smallest absolute Gasteiger partial charge is 0.229 e. The Labute approximate surface area is 181 Å². The van der Waals surface area contributed by atoms with Crippen molar-refractivity contribution in [3.63, 3.8) is 0 Å². The molecule has 3 N–H and O–H groups in total. The van der Waals surface area contributed by atoms with Gasteiger partial charge in [-0.3, -0.25) is 5.32 Å².